The smallest absolute Gasteiger partial charge is 0.307 e. The van der Waals surface area contributed by atoms with Crippen LogP contribution < -0.4 is 10.6 Å². The van der Waals surface area contributed by atoms with Crippen LogP contribution in [0.1, 0.15) is 0 Å². The van der Waals surface area contributed by atoms with E-state index in [0.717, 1.165) is 16.5 Å². The molecular formula is C16H12ClN3O. The van der Waals surface area contributed by atoms with Crippen LogP contribution >= 0.6 is 11.6 Å². The first-order valence-corrected chi connectivity index (χ1v) is 6.78. The summed E-state index contributed by atoms with van der Waals surface area (Å²) in [7, 11) is 0. The number of hydrogen-bond acceptors (Lipinski definition) is 2. The highest BCUT2D eigenvalue weighted by Gasteiger charge is 2.08. The molecule has 3 aromatic rings. The number of amides is 2. The maximum Gasteiger partial charge on any atom is 0.324 e. The van der Waals surface area contributed by atoms with Crippen molar-refractivity contribution in [2.75, 3.05) is 10.6 Å². The molecule has 0 atom stereocenters. The van der Waals surface area contributed by atoms with Crippen molar-refractivity contribution in [1.29, 1.82) is 0 Å². The Hall–Kier alpha value is -2.59. The molecule has 3 rings (SSSR count). The molecule has 2 aromatic carbocycles. The van der Waals surface area contributed by atoms with Crippen molar-refractivity contribution >= 4 is 39.9 Å². The summed E-state index contributed by atoms with van der Waals surface area (Å²) in [5.41, 5.74) is 0.734. The zero-order valence-corrected chi connectivity index (χ0v) is 11.8. The number of aromatic nitrogens is 1. The normalized spacial score (nSPS) is 10.3. The Labute approximate surface area is 126 Å². The van der Waals surface area contributed by atoms with Crippen molar-refractivity contribution < 1.29 is 4.79 Å². The number of nitrogens with one attached hydrogen (secondary N) is 2. The number of benzene rings is 2. The molecule has 1 aromatic heterocycles. The largest absolute Gasteiger partial charge is 0.324 e. The lowest BCUT2D eigenvalue weighted by Crippen LogP contribution is -2.20. The van der Waals surface area contributed by atoms with E-state index in [1.807, 2.05) is 42.5 Å². The molecule has 21 heavy (non-hydrogen) atoms. The lowest BCUT2D eigenvalue weighted by Gasteiger charge is -2.10. The van der Waals surface area contributed by atoms with Gasteiger partial charge in [-0.05, 0) is 23.6 Å². The first-order chi connectivity index (χ1) is 10.2. The summed E-state index contributed by atoms with van der Waals surface area (Å²) in [4.78, 5) is 16.1. The number of urea groups is 1. The van der Waals surface area contributed by atoms with Gasteiger partial charge >= 0.3 is 6.03 Å². The van der Waals surface area contributed by atoms with Crippen LogP contribution in [0.5, 0.6) is 0 Å². The quantitative estimate of drug-likeness (QED) is 0.730. The molecule has 0 unspecified atom stereocenters. The maximum absolute atomic E-state index is 12.1. The lowest BCUT2D eigenvalue weighted by atomic mass is 10.1. The van der Waals surface area contributed by atoms with Gasteiger partial charge in [-0.1, -0.05) is 48.0 Å². The van der Waals surface area contributed by atoms with Crippen LogP contribution in [-0.2, 0) is 0 Å². The number of carbonyl (C=O) groups excluding carboxylic acids is 1. The zero-order chi connectivity index (χ0) is 14.7. The van der Waals surface area contributed by atoms with Crippen LogP contribution in [0.2, 0.25) is 5.02 Å². The summed E-state index contributed by atoms with van der Waals surface area (Å²) in [6, 6.07) is 16.6. The number of pyridine rings is 1. The molecule has 0 aliphatic rings. The van der Waals surface area contributed by atoms with Gasteiger partial charge in [0.2, 0.25) is 0 Å². The topological polar surface area (TPSA) is 54.0 Å². The first kappa shape index (κ1) is 13.4. The van der Waals surface area contributed by atoms with Gasteiger partial charge in [-0.3, -0.25) is 5.32 Å². The van der Waals surface area contributed by atoms with Crippen LogP contribution in [0.4, 0.5) is 16.3 Å². The Bertz CT molecular complexity index is 799. The molecule has 0 aliphatic heterocycles. The number of nitrogens with zero attached hydrogens (tertiary/aromatic N) is 1. The average Bonchev–Trinajstić information content (AvgIpc) is 2.50. The van der Waals surface area contributed by atoms with Gasteiger partial charge in [0.15, 0.2) is 5.82 Å². The molecule has 104 valence electrons. The summed E-state index contributed by atoms with van der Waals surface area (Å²) >= 11 is 5.96. The van der Waals surface area contributed by atoms with E-state index >= 15 is 0 Å². The monoisotopic (exact) mass is 297 g/mol. The van der Waals surface area contributed by atoms with Crippen LogP contribution in [0.25, 0.3) is 10.8 Å². The molecule has 4 nitrogen and oxygen atoms in total. The summed E-state index contributed by atoms with van der Waals surface area (Å²) in [5, 5.41) is 7.87. The molecule has 0 fully saturated rings. The number of hydrogen-bond donors (Lipinski definition) is 2. The number of halogens is 1. The third-order valence-electron chi connectivity index (χ3n) is 3.03. The van der Waals surface area contributed by atoms with E-state index in [4.69, 9.17) is 11.6 Å². The molecule has 0 saturated heterocycles. The van der Waals surface area contributed by atoms with E-state index in [-0.39, 0.29) is 6.03 Å². The van der Waals surface area contributed by atoms with Crippen molar-refractivity contribution in [3.8, 4) is 0 Å². The maximum atomic E-state index is 12.1. The predicted octanol–water partition coefficient (Wildman–Crippen LogP) is 4.53. The van der Waals surface area contributed by atoms with Crippen LogP contribution in [0.3, 0.4) is 0 Å². The molecular weight excluding hydrogens is 286 g/mol. The molecule has 0 saturated carbocycles. The highest BCUT2D eigenvalue weighted by atomic mass is 35.5. The van der Waals surface area contributed by atoms with Gasteiger partial charge < -0.3 is 5.32 Å². The van der Waals surface area contributed by atoms with Crippen LogP contribution in [0, 0.1) is 0 Å². The lowest BCUT2D eigenvalue weighted by molar-refractivity contribution is 0.262. The van der Waals surface area contributed by atoms with Crippen molar-refractivity contribution in [3.63, 3.8) is 0 Å². The Morgan fingerprint density at radius 1 is 0.952 bits per heavy atom. The van der Waals surface area contributed by atoms with Gasteiger partial charge in [-0.2, -0.15) is 0 Å². The first-order valence-electron chi connectivity index (χ1n) is 6.40. The van der Waals surface area contributed by atoms with Gasteiger partial charge in [0.05, 0.1) is 10.7 Å². The number of anilines is 2. The number of carbonyl (C=O) groups is 1. The van der Waals surface area contributed by atoms with Gasteiger partial charge in [0.25, 0.3) is 0 Å². The summed E-state index contributed by atoms with van der Waals surface area (Å²) in [6.07, 6.45) is 1.57. The minimum absolute atomic E-state index is 0.330. The molecule has 2 amide bonds. The minimum Gasteiger partial charge on any atom is -0.307 e. The second-order valence-electron chi connectivity index (χ2n) is 4.44. The highest BCUT2D eigenvalue weighted by Crippen LogP contribution is 2.23. The third-order valence-corrected chi connectivity index (χ3v) is 3.33. The second kappa shape index (κ2) is 5.81. The summed E-state index contributed by atoms with van der Waals surface area (Å²) in [5.74, 6) is 0.330. The van der Waals surface area contributed by atoms with Gasteiger partial charge in [0, 0.05) is 11.6 Å². The van der Waals surface area contributed by atoms with Gasteiger partial charge in [-0.25, -0.2) is 9.78 Å². The third kappa shape index (κ3) is 2.95. The fourth-order valence-electron chi connectivity index (χ4n) is 2.07. The van der Waals surface area contributed by atoms with Crippen molar-refractivity contribution in [1.82, 2.24) is 4.98 Å². The minimum atomic E-state index is -0.382. The van der Waals surface area contributed by atoms with E-state index in [1.165, 1.54) is 0 Å². The second-order valence-corrected chi connectivity index (χ2v) is 4.85. The van der Waals surface area contributed by atoms with Crippen molar-refractivity contribution in [3.05, 3.63) is 65.8 Å². The molecule has 2 N–H and O–H groups in total. The fraction of sp³-hybridized carbons (Fsp3) is 0. The standard InChI is InChI=1S/C16H12ClN3O/c17-13-8-4-10-18-15(13)20-16(21)19-14-9-3-6-11-5-1-2-7-12(11)14/h1-10H,(H2,18,19,20,21). The SMILES string of the molecule is O=C(Nc1ncccc1Cl)Nc1cccc2ccccc12. The highest BCUT2D eigenvalue weighted by molar-refractivity contribution is 6.33. The van der Waals surface area contributed by atoms with E-state index in [1.54, 1.807) is 18.3 Å². The molecule has 1 heterocycles. The zero-order valence-electron chi connectivity index (χ0n) is 11.0. The van der Waals surface area contributed by atoms with Gasteiger partial charge in [0.1, 0.15) is 0 Å². The van der Waals surface area contributed by atoms with E-state index in [9.17, 15) is 4.79 Å². The fourth-order valence-corrected chi connectivity index (χ4v) is 2.24. The van der Waals surface area contributed by atoms with Crippen molar-refractivity contribution in [2.45, 2.75) is 0 Å². The molecule has 0 bridgehead atoms. The van der Waals surface area contributed by atoms with Crippen LogP contribution in [0.15, 0.2) is 60.8 Å². The van der Waals surface area contributed by atoms with Gasteiger partial charge in [-0.15, -0.1) is 0 Å². The van der Waals surface area contributed by atoms with E-state index < -0.39 is 0 Å². The number of fused-ring (bicyclic) bond motifs is 1. The molecule has 5 heteroatoms. The Morgan fingerprint density at radius 3 is 2.62 bits per heavy atom. The number of rotatable bonds is 2. The molecule has 0 aliphatic carbocycles. The van der Waals surface area contributed by atoms with Crippen molar-refractivity contribution in [2.24, 2.45) is 0 Å². The Balaban J connectivity index is 1.82. The summed E-state index contributed by atoms with van der Waals surface area (Å²) in [6.45, 7) is 0. The summed E-state index contributed by atoms with van der Waals surface area (Å²) < 4.78 is 0. The molecule has 0 radical (unpaired) electrons. The van der Waals surface area contributed by atoms with Crippen LogP contribution in [-0.4, -0.2) is 11.0 Å². The Morgan fingerprint density at radius 2 is 1.76 bits per heavy atom. The Kier molecular flexibility index (Phi) is 3.71. The molecule has 0 spiro atoms. The average molecular weight is 298 g/mol. The van der Waals surface area contributed by atoms with E-state index in [0.29, 0.717) is 10.8 Å². The predicted molar refractivity (Wildman–Crippen MR) is 85.8 cm³/mol. The van der Waals surface area contributed by atoms with E-state index in [2.05, 4.69) is 15.6 Å².